The zero-order valence-electron chi connectivity index (χ0n) is 10.3. The van der Waals surface area contributed by atoms with Crippen molar-refractivity contribution in [1.82, 2.24) is 5.43 Å². The maximum atomic E-state index is 6.10. The van der Waals surface area contributed by atoms with Gasteiger partial charge in [-0.3, -0.25) is 5.84 Å². The van der Waals surface area contributed by atoms with Crippen molar-refractivity contribution in [2.45, 2.75) is 38.1 Å². The average Bonchev–Trinajstić information content (AvgIpc) is 2.58. The van der Waals surface area contributed by atoms with Crippen molar-refractivity contribution in [2.75, 3.05) is 0 Å². The molecule has 0 aliphatic heterocycles. The normalized spacial score (nSPS) is 18.1. The molecule has 0 heterocycles. The van der Waals surface area contributed by atoms with Crippen LogP contribution in [-0.4, -0.2) is 0 Å². The van der Waals surface area contributed by atoms with Crippen molar-refractivity contribution in [1.29, 1.82) is 0 Å². The smallest absolute Gasteiger partial charge is 0.0670 e. The lowest BCUT2D eigenvalue weighted by molar-refractivity contribution is 0.593. The predicted octanol–water partition coefficient (Wildman–Crippen LogP) is 4.50. The van der Waals surface area contributed by atoms with Crippen LogP contribution in [-0.2, 0) is 0 Å². The van der Waals surface area contributed by atoms with Gasteiger partial charge in [-0.15, -0.1) is 0 Å². The van der Waals surface area contributed by atoms with Crippen molar-refractivity contribution in [3.8, 4) is 0 Å². The third-order valence-corrected chi connectivity index (χ3v) is 4.01. The summed E-state index contributed by atoms with van der Waals surface area (Å²) in [6, 6.07) is 6.00. The van der Waals surface area contributed by atoms with Crippen molar-refractivity contribution in [3.05, 3.63) is 44.9 Å². The highest BCUT2D eigenvalue weighted by atomic mass is 79.9. The molecule has 98 valence electrons. The molecule has 1 aromatic rings. The fourth-order valence-electron chi connectivity index (χ4n) is 2.46. The number of hydrazine groups is 1. The van der Waals surface area contributed by atoms with Crippen LogP contribution in [0.2, 0.25) is 5.02 Å². The summed E-state index contributed by atoms with van der Waals surface area (Å²) >= 11 is 9.58. The third-order valence-electron chi connectivity index (χ3n) is 3.33. The van der Waals surface area contributed by atoms with E-state index in [4.69, 9.17) is 17.4 Å². The van der Waals surface area contributed by atoms with Gasteiger partial charge in [0.15, 0.2) is 0 Å². The third kappa shape index (κ3) is 3.58. The summed E-state index contributed by atoms with van der Waals surface area (Å²) in [6.07, 6.45) is 8.41. The van der Waals surface area contributed by atoms with Crippen LogP contribution in [0.25, 0.3) is 0 Å². The maximum absolute atomic E-state index is 6.10. The number of allylic oxidation sites excluding steroid dienone is 1. The number of benzene rings is 1. The largest absolute Gasteiger partial charge is 0.271 e. The molecule has 0 bridgehead atoms. The highest BCUT2D eigenvalue weighted by Crippen LogP contribution is 2.31. The van der Waals surface area contributed by atoms with Gasteiger partial charge in [0.1, 0.15) is 0 Å². The lowest BCUT2D eigenvalue weighted by atomic mass is 9.96. The van der Waals surface area contributed by atoms with E-state index in [1.807, 2.05) is 12.1 Å². The molecule has 3 N–H and O–H groups in total. The zero-order valence-corrected chi connectivity index (χ0v) is 12.6. The monoisotopic (exact) mass is 328 g/mol. The molecule has 4 heteroatoms. The van der Waals surface area contributed by atoms with Gasteiger partial charge in [0.05, 0.1) is 6.04 Å². The van der Waals surface area contributed by atoms with Crippen LogP contribution in [0.5, 0.6) is 0 Å². The molecule has 0 amide bonds. The van der Waals surface area contributed by atoms with E-state index >= 15 is 0 Å². The van der Waals surface area contributed by atoms with Gasteiger partial charge in [-0.25, -0.2) is 5.43 Å². The highest BCUT2D eigenvalue weighted by molar-refractivity contribution is 9.10. The van der Waals surface area contributed by atoms with Crippen molar-refractivity contribution < 1.29 is 0 Å². The predicted molar refractivity (Wildman–Crippen MR) is 80.4 cm³/mol. The van der Waals surface area contributed by atoms with E-state index in [0.717, 1.165) is 27.9 Å². The first-order chi connectivity index (χ1) is 8.70. The van der Waals surface area contributed by atoms with Gasteiger partial charge in [0, 0.05) is 9.50 Å². The number of hydrogen-bond donors (Lipinski definition) is 2. The van der Waals surface area contributed by atoms with Crippen molar-refractivity contribution in [2.24, 2.45) is 5.84 Å². The van der Waals surface area contributed by atoms with Gasteiger partial charge in [-0.1, -0.05) is 45.6 Å². The van der Waals surface area contributed by atoms with Crippen LogP contribution in [0.15, 0.2) is 34.3 Å². The molecule has 0 radical (unpaired) electrons. The molecule has 0 spiro atoms. The van der Waals surface area contributed by atoms with Crippen LogP contribution < -0.4 is 11.3 Å². The Morgan fingerprint density at radius 3 is 2.78 bits per heavy atom. The van der Waals surface area contributed by atoms with Crippen LogP contribution in [0.3, 0.4) is 0 Å². The average molecular weight is 330 g/mol. The molecule has 1 aliphatic rings. The second kappa shape index (κ2) is 6.71. The molecular weight excluding hydrogens is 312 g/mol. The van der Waals surface area contributed by atoms with Gasteiger partial charge in [-0.05, 0) is 49.4 Å². The van der Waals surface area contributed by atoms with Gasteiger partial charge < -0.3 is 0 Å². The molecule has 1 aliphatic carbocycles. The minimum atomic E-state index is 0.0677. The lowest BCUT2D eigenvalue weighted by Crippen LogP contribution is -2.29. The Morgan fingerprint density at radius 2 is 2.06 bits per heavy atom. The second-order valence-corrected chi connectivity index (χ2v) is 6.03. The summed E-state index contributed by atoms with van der Waals surface area (Å²) in [5.74, 6) is 5.74. The molecule has 18 heavy (non-hydrogen) atoms. The SMILES string of the molecule is NNC(C1=CCCCCC1)c1cc(Cl)cc(Br)c1. The van der Waals surface area contributed by atoms with Gasteiger partial charge in [0.2, 0.25) is 0 Å². The Hall–Kier alpha value is -0.350. The van der Waals surface area contributed by atoms with Crippen LogP contribution in [0, 0.1) is 0 Å². The lowest BCUT2D eigenvalue weighted by Gasteiger charge is -2.20. The van der Waals surface area contributed by atoms with Crippen molar-refractivity contribution >= 4 is 27.5 Å². The Labute approximate surface area is 122 Å². The summed E-state index contributed by atoms with van der Waals surface area (Å²) in [5.41, 5.74) is 5.42. The van der Waals surface area contributed by atoms with E-state index in [-0.39, 0.29) is 6.04 Å². The summed E-state index contributed by atoms with van der Waals surface area (Å²) in [4.78, 5) is 0. The fourth-order valence-corrected chi connectivity index (χ4v) is 3.35. The first-order valence-corrected chi connectivity index (χ1v) is 7.49. The first-order valence-electron chi connectivity index (χ1n) is 6.32. The van der Waals surface area contributed by atoms with Gasteiger partial charge >= 0.3 is 0 Å². The summed E-state index contributed by atoms with van der Waals surface area (Å²) in [6.45, 7) is 0. The quantitative estimate of drug-likeness (QED) is 0.487. The summed E-state index contributed by atoms with van der Waals surface area (Å²) in [5, 5.41) is 0.730. The molecule has 2 nitrogen and oxygen atoms in total. The first kappa shape index (κ1) is 14.1. The Bertz CT molecular complexity index is 425. The molecule has 1 atom stereocenters. The standard InChI is InChI=1S/C14H18BrClN2/c15-12-7-11(8-13(16)9-12)14(18-17)10-5-3-1-2-4-6-10/h5,7-9,14,18H,1-4,6,17H2. The highest BCUT2D eigenvalue weighted by Gasteiger charge is 2.17. The molecule has 0 saturated carbocycles. The zero-order chi connectivity index (χ0) is 13.0. The van der Waals surface area contributed by atoms with E-state index in [9.17, 15) is 0 Å². The van der Waals surface area contributed by atoms with Crippen LogP contribution in [0.1, 0.15) is 43.7 Å². The molecule has 1 aromatic carbocycles. The van der Waals surface area contributed by atoms with Crippen molar-refractivity contribution in [3.63, 3.8) is 0 Å². The Kier molecular flexibility index (Phi) is 5.25. The molecule has 2 rings (SSSR count). The number of nitrogens with two attached hydrogens (primary N) is 1. The van der Waals surface area contributed by atoms with E-state index in [0.29, 0.717) is 0 Å². The number of rotatable bonds is 3. The number of hydrogen-bond acceptors (Lipinski definition) is 2. The minimum absolute atomic E-state index is 0.0677. The number of nitrogens with one attached hydrogen (secondary N) is 1. The van der Waals surface area contributed by atoms with E-state index in [1.54, 1.807) is 0 Å². The number of halogens is 2. The van der Waals surface area contributed by atoms with Crippen LogP contribution in [0.4, 0.5) is 0 Å². The minimum Gasteiger partial charge on any atom is -0.271 e. The Balaban J connectivity index is 2.29. The van der Waals surface area contributed by atoms with E-state index in [2.05, 4.69) is 33.5 Å². The summed E-state index contributed by atoms with van der Waals surface area (Å²) < 4.78 is 0.986. The molecule has 0 saturated heterocycles. The summed E-state index contributed by atoms with van der Waals surface area (Å²) in [7, 11) is 0. The van der Waals surface area contributed by atoms with E-state index < -0.39 is 0 Å². The molecule has 0 fully saturated rings. The maximum Gasteiger partial charge on any atom is 0.0670 e. The molecular formula is C14H18BrClN2. The van der Waals surface area contributed by atoms with Gasteiger partial charge in [-0.2, -0.15) is 0 Å². The Morgan fingerprint density at radius 1 is 1.22 bits per heavy atom. The van der Waals surface area contributed by atoms with E-state index in [1.165, 1.54) is 24.8 Å². The van der Waals surface area contributed by atoms with Gasteiger partial charge in [0.25, 0.3) is 0 Å². The topological polar surface area (TPSA) is 38.0 Å². The fraction of sp³-hybridized carbons (Fsp3) is 0.429. The molecule has 0 aromatic heterocycles. The molecule has 1 unspecified atom stereocenters. The van der Waals surface area contributed by atoms with Crippen LogP contribution >= 0.6 is 27.5 Å². The second-order valence-electron chi connectivity index (χ2n) is 4.68.